The molecule has 1 N–H and O–H groups in total. The van der Waals surface area contributed by atoms with E-state index in [9.17, 15) is 43.0 Å². The lowest BCUT2D eigenvalue weighted by Crippen LogP contribution is -2.46. The van der Waals surface area contributed by atoms with Gasteiger partial charge in [0.1, 0.15) is 6.04 Å². The fourth-order valence-electron chi connectivity index (χ4n) is 1.81. The number of benzene rings is 1. The highest BCUT2D eigenvalue weighted by molar-refractivity contribution is 5.96. The van der Waals surface area contributed by atoms with E-state index < -0.39 is 57.3 Å². The lowest BCUT2D eigenvalue weighted by atomic mass is 10.1. The van der Waals surface area contributed by atoms with Crippen molar-refractivity contribution in [3.8, 4) is 0 Å². The van der Waals surface area contributed by atoms with Crippen LogP contribution >= 0.6 is 0 Å². The van der Waals surface area contributed by atoms with Gasteiger partial charge in [-0.05, 0) is 6.92 Å². The number of non-ortho nitro benzene ring substituents is 2. The van der Waals surface area contributed by atoms with E-state index in [-0.39, 0.29) is 6.61 Å². The Labute approximate surface area is 143 Å². The van der Waals surface area contributed by atoms with Gasteiger partial charge in [0.25, 0.3) is 17.3 Å². The van der Waals surface area contributed by atoms with E-state index in [1.807, 2.05) is 0 Å². The molecular weight excluding hydrogens is 367 g/mol. The first-order valence-corrected chi connectivity index (χ1v) is 6.92. The zero-order chi connectivity index (χ0) is 20.1. The quantitative estimate of drug-likeness (QED) is 0.434. The van der Waals surface area contributed by atoms with Gasteiger partial charge in [-0.1, -0.05) is 0 Å². The van der Waals surface area contributed by atoms with Gasteiger partial charge >= 0.3 is 12.1 Å². The van der Waals surface area contributed by atoms with Crippen LogP contribution in [0.4, 0.5) is 24.5 Å². The first kappa shape index (κ1) is 20.8. The zero-order valence-corrected chi connectivity index (χ0v) is 13.1. The number of carbonyl (C=O) groups is 2. The van der Waals surface area contributed by atoms with Crippen LogP contribution in [0.1, 0.15) is 23.7 Å². The summed E-state index contributed by atoms with van der Waals surface area (Å²) in [5.74, 6) is -2.69. The van der Waals surface area contributed by atoms with Crippen molar-refractivity contribution in [2.75, 3.05) is 6.61 Å². The van der Waals surface area contributed by atoms with E-state index >= 15 is 0 Å². The molecule has 26 heavy (non-hydrogen) atoms. The van der Waals surface area contributed by atoms with Gasteiger partial charge in [-0.3, -0.25) is 29.8 Å². The molecule has 1 aromatic carbocycles. The smallest absolute Gasteiger partial charge is 0.409 e. The van der Waals surface area contributed by atoms with E-state index in [4.69, 9.17) is 0 Å². The minimum absolute atomic E-state index is 0.172. The molecule has 1 atom stereocenters. The molecule has 0 heterocycles. The second-order valence-corrected chi connectivity index (χ2v) is 4.83. The topological polar surface area (TPSA) is 142 Å². The highest BCUT2D eigenvalue weighted by atomic mass is 19.4. The number of nitrogens with zero attached hydrogens (tertiary/aromatic N) is 2. The summed E-state index contributed by atoms with van der Waals surface area (Å²) >= 11 is 0. The van der Waals surface area contributed by atoms with Gasteiger partial charge < -0.3 is 10.1 Å². The van der Waals surface area contributed by atoms with Crippen molar-refractivity contribution >= 4 is 23.3 Å². The van der Waals surface area contributed by atoms with Gasteiger partial charge in [0.05, 0.1) is 34.5 Å². The number of hydrogen-bond acceptors (Lipinski definition) is 7. The summed E-state index contributed by atoms with van der Waals surface area (Å²) in [5, 5.41) is 23.0. The number of nitro groups is 2. The number of nitrogens with one attached hydrogen (secondary N) is 1. The van der Waals surface area contributed by atoms with E-state index in [0.29, 0.717) is 18.2 Å². The Morgan fingerprint density at radius 1 is 1.15 bits per heavy atom. The van der Waals surface area contributed by atoms with Crippen LogP contribution in [0.2, 0.25) is 0 Å². The molecule has 0 bridgehead atoms. The number of halogens is 3. The number of ether oxygens (including phenoxy) is 1. The summed E-state index contributed by atoms with van der Waals surface area (Å²) in [4.78, 5) is 42.7. The molecule has 0 aromatic heterocycles. The molecule has 0 radical (unpaired) electrons. The minimum atomic E-state index is -5.02. The maximum atomic E-state index is 13.0. The second kappa shape index (κ2) is 8.22. The normalized spacial score (nSPS) is 12.2. The first-order valence-electron chi connectivity index (χ1n) is 6.92. The molecule has 1 unspecified atom stereocenters. The summed E-state index contributed by atoms with van der Waals surface area (Å²) in [6, 6.07) is -0.913. The molecule has 10 nitrogen and oxygen atoms in total. The van der Waals surface area contributed by atoms with Crippen molar-refractivity contribution in [1.29, 1.82) is 0 Å². The SMILES string of the molecule is CCOC(=O)CC(NC(=O)c1cc([N+](=O)[O-])cc([N+](=O)[O-])c1)C(F)(F)F. The molecular formula is C13H12F3N3O7. The highest BCUT2D eigenvalue weighted by Gasteiger charge is 2.42. The van der Waals surface area contributed by atoms with Crippen LogP contribution in [0.5, 0.6) is 0 Å². The van der Waals surface area contributed by atoms with Crippen LogP contribution in [0, 0.1) is 20.2 Å². The molecule has 1 aromatic rings. The number of alkyl halides is 3. The number of amides is 1. The Morgan fingerprint density at radius 2 is 1.65 bits per heavy atom. The maximum Gasteiger partial charge on any atom is 0.409 e. The van der Waals surface area contributed by atoms with Gasteiger partial charge in [-0.2, -0.15) is 13.2 Å². The number of rotatable bonds is 7. The molecule has 0 spiro atoms. The largest absolute Gasteiger partial charge is 0.466 e. The third kappa shape index (κ3) is 5.68. The molecule has 0 saturated heterocycles. The summed E-state index contributed by atoms with van der Waals surface area (Å²) in [6.45, 7) is 1.20. The van der Waals surface area contributed by atoms with Crippen LogP contribution in [-0.4, -0.2) is 40.5 Å². The average Bonchev–Trinajstić information content (AvgIpc) is 2.52. The summed E-state index contributed by atoms with van der Waals surface area (Å²) < 4.78 is 43.3. The molecule has 1 rings (SSSR count). The molecule has 0 saturated carbocycles. The number of nitro benzene ring substituents is 2. The Hall–Kier alpha value is -3.25. The highest BCUT2D eigenvalue weighted by Crippen LogP contribution is 2.25. The Balaban J connectivity index is 3.14. The molecule has 0 aliphatic rings. The second-order valence-electron chi connectivity index (χ2n) is 4.83. The van der Waals surface area contributed by atoms with E-state index in [1.54, 1.807) is 0 Å². The fourth-order valence-corrected chi connectivity index (χ4v) is 1.81. The van der Waals surface area contributed by atoms with Gasteiger partial charge in [0.15, 0.2) is 0 Å². The molecule has 142 valence electrons. The molecule has 0 aliphatic heterocycles. The van der Waals surface area contributed by atoms with Crippen molar-refractivity contribution in [3.63, 3.8) is 0 Å². The van der Waals surface area contributed by atoms with E-state index in [2.05, 4.69) is 4.74 Å². The molecule has 0 aliphatic carbocycles. The third-order valence-corrected chi connectivity index (χ3v) is 2.96. The van der Waals surface area contributed by atoms with Gasteiger partial charge in [0, 0.05) is 12.1 Å². The zero-order valence-electron chi connectivity index (χ0n) is 13.1. The Morgan fingerprint density at radius 3 is 2.04 bits per heavy atom. The van der Waals surface area contributed by atoms with E-state index in [0.717, 1.165) is 0 Å². The number of carbonyl (C=O) groups excluding carboxylic acids is 2. The maximum absolute atomic E-state index is 13.0. The van der Waals surface area contributed by atoms with Crippen LogP contribution in [0.3, 0.4) is 0 Å². The minimum Gasteiger partial charge on any atom is -0.466 e. The van der Waals surface area contributed by atoms with Crippen LogP contribution in [0.15, 0.2) is 18.2 Å². The predicted molar refractivity (Wildman–Crippen MR) is 78.3 cm³/mol. The van der Waals surface area contributed by atoms with Crippen molar-refractivity contribution < 1.29 is 37.3 Å². The first-order chi connectivity index (χ1) is 12.0. The van der Waals surface area contributed by atoms with E-state index in [1.165, 1.54) is 12.2 Å². The van der Waals surface area contributed by atoms with Gasteiger partial charge in [-0.15, -0.1) is 0 Å². The summed E-state index contributed by atoms with van der Waals surface area (Å²) in [6.07, 6.45) is -6.24. The van der Waals surface area contributed by atoms with Gasteiger partial charge in [-0.25, -0.2) is 0 Å². The standard InChI is InChI=1S/C13H12F3N3O7/c1-2-26-11(20)6-10(13(14,15)16)17-12(21)7-3-8(18(22)23)5-9(4-7)19(24)25/h3-5,10H,2,6H2,1H3,(H,17,21). The summed E-state index contributed by atoms with van der Waals surface area (Å²) in [5.41, 5.74) is -2.43. The van der Waals surface area contributed by atoms with Crippen molar-refractivity contribution in [3.05, 3.63) is 44.0 Å². The van der Waals surface area contributed by atoms with Crippen LogP contribution in [-0.2, 0) is 9.53 Å². The lowest BCUT2D eigenvalue weighted by molar-refractivity contribution is -0.394. The molecule has 1 amide bonds. The third-order valence-electron chi connectivity index (χ3n) is 2.96. The lowest BCUT2D eigenvalue weighted by Gasteiger charge is -2.20. The molecule has 0 fully saturated rings. The van der Waals surface area contributed by atoms with Crippen molar-refractivity contribution in [1.82, 2.24) is 5.32 Å². The average molecular weight is 379 g/mol. The monoisotopic (exact) mass is 379 g/mol. The van der Waals surface area contributed by atoms with Crippen molar-refractivity contribution in [2.24, 2.45) is 0 Å². The van der Waals surface area contributed by atoms with Crippen molar-refractivity contribution in [2.45, 2.75) is 25.6 Å². The number of esters is 1. The fraction of sp³-hybridized carbons (Fsp3) is 0.385. The Bertz CT molecular complexity index is 704. The predicted octanol–water partition coefficient (Wildman–Crippen LogP) is 2.12. The number of hydrogen-bond donors (Lipinski definition) is 1. The van der Waals surface area contributed by atoms with Crippen LogP contribution in [0.25, 0.3) is 0 Å². The van der Waals surface area contributed by atoms with Gasteiger partial charge in [0.2, 0.25) is 0 Å². The summed E-state index contributed by atoms with van der Waals surface area (Å²) in [7, 11) is 0. The van der Waals surface area contributed by atoms with Crippen LogP contribution < -0.4 is 5.32 Å². The molecule has 13 heteroatoms. The Kier molecular flexibility index (Phi) is 6.58.